The summed E-state index contributed by atoms with van der Waals surface area (Å²) < 4.78 is 0. The van der Waals surface area contributed by atoms with Gasteiger partial charge in [0, 0.05) is 26.1 Å². The molecule has 0 spiro atoms. The van der Waals surface area contributed by atoms with Gasteiger partial charge >= 0.3 is 0 Å². The third-order valence-electron chi connectivity index (χ3n) is 2.53. The van der Waals surface area contributed by atoms with Crippen LogP contribution < -0.4 is 10.6 Å². The van der Waals surface area contributed by atoms with Crippen molar-refractivity contribution in [3.8, 4) is 0 Å². The molecule has 0 heterocycles. The fourth-order valence-electron chi connectivity index (χ4n) is 1.50. The molecule has 0 unspecified atom stereocenters. The van der Waals surface area contributed by atoms with Crippen LogP contribution in [0.2, 0.25) is 0 Å². The van der Waals surface area contributed by atoms with Crippen LogP contribution in [0.25, 0.3) is 0 Å². The molecule has 3 heteroatoms. The molecule has 88 valence electrons. The van der Waals surface area contributed by atoms with Crippen LogP contribution in [0.5, 0.6) is 0 Å². The van der Waals surface area contributed by atoms with E-state index in [0.717, 1.165) is 6.54 Å². The minimum absolute atomic E-state index is 0.0183. The minimum Gasteiger partial charge on any atom is -0.355 e. The summed E-state index contributed by atoms with van der Waals surface area (Å²) in [6, 6.07) is 8.80. The molecular weight excluding hydrogens is 200 g/mol. The Morgan fingerprint density at radius 3 is 2.44 bits per heavy atom. The summed E-state index contributed by atoms with van der Waals surface area (Å²) in [5.41, 5.74) is 2.54. The van der Waals surface area contributed by atoms with Crippen molar-refractivity contribution in [2.45, 2.75) is 26.8 Å². The van der Waals surface area contributed by atoms with Gasteiger partial charge in [0.2, 0.25) is 5.91 Å². The number of hydrogen-bond donors (Lipinski definition) is 2. The summed E-state index contributed by atoms with van der Waals surface area (Å²) in [5.74, 6) is 0.0183. The fourth-order valence-corrected chi connectivity index (χ4v) is 1.50. The molecule has 3 nitrogen and oxygen atoms in total. The van der Waals surface area contributed by atoms with E-state index in [1.807, 2.05) is 0 Å². The van der Waals surface area contributed by atoms with Crippen molar-refractivity contribution in [2.75, 3.05) is 13.1 Å². The van der Waals surface area contributed by atoms with Crippen LogP contribution in [-0.2, 0) is 4.79 Å². The first kappa shape index (κ1) is 12.7. The normalized spacial score (nSPS) is 12.2. The molecule has 1 atom stereocenters. The molecule has 16 heavy (non-hydrogen) atoms. The molecule has 0 saturated heterocycles. The zero-order valence-corrected chi connectivity index (χ0v) is 10.2. The van der Waals surface area contributed by atoms with Crippen molar-refractivity contribution in [1.82, 2.24) is 10.6 Å². The lowest BCUT2D eigenvalue weighted by Gasteiger charge is -2.14. The largest absolute Gasteiger partial charge is 0.355 e. The Kier molecular flexibility index (Phi) is 4.99. The maximum absolute atomic E-state index is 10.7. The van der Waals surface area contributed by atoms with Crippen LogP contribution in [0.1, 0.15) is 31.0 Å². The van der Waals surface area contributed by atoms with Gasteiger partial charge < -0.3 is 10.6 Å². The van der Waals surface area contributed by atoms with E-state index in [1.165, 1.54) is 18.1 Å². The molecule has 1 amide bonds. The quantitative estimate of drug-likeness (QED) is 0.743. The summed E-state index contributed by atoms with van der Waals surface area (Å²) in [7, 11) is 0. The van der Waals surface area contributed by atoms with Gasteiger partial charge in [-0.05, 0) is 19.4 Å². The molecule has 0 fully saturated rings. The molecule has 2 N–H and O–H groups in total. The number of carbonyl (C=O) groups excluding carboxylic acids is 1. The molecule has 0 saturated carbocycles. The monoisotopic (exact) mass is 220 g/mol. The van der Waals surface area contributed by atoms with Gasteiger partial charge in [0.05, 0.1) is 0 Å². The first-order valence-electron chi connectivity index (χ1n) is 5.64. The molecule has 0 aliphatic carbocycles. The first-order chi connectivity index (χ1) is 7.59. The third kappa shape index (κ3) is 4.45. The molecule has 1 rings (SSSR count). The number of amides is 1. The number of rotatable bonds is 5. The maximum atomic E-state index is 10.7. The van der Waals surface area contributed by atoms with E-state index < -0.39 is 0 Å². The van der Waals surface area contributed by atoms with E-state index >= 15 is 0 Å². The lowest BCUT2D eigenvalue weighted by atomic mass is 10.1. The Morgan fingerprint density at radius 2 is 1.88 bits per heavy atom. The molecule has 0 aliphatic heterocycles. The highest BCUT2D eigenvalue weighted by atomic mass is 16.1. The van der Waals surface area contributed by atoms with Gasteiger partial charge in [-0.15, -0.1) is 0 Å². The van der Waals surface area contributed by atoms with E-state index in [0.29, 0.717) is 12.6 Å². The van der Waals surface area contributed by atoms with Crippen molar-refractivity contribution in [1.29, 1.82) is 0 Å². The van der Waals surface area contributed by atoms with Gasteiger partial charge in [0.15, 0.2) is 0 Å². The topological polar surface area (TPSA) is 41.1 Å². The van der Waals surface area contributed by atoms with Crippen molar-refractivity contribution in [2.24, 2.45) is 0 Å². The highest BCUT2D eigenvalue weighted by Crippen LogP contribution is 2.12. The van der Waals surface area contributed by atoms with Gasteiger partial charge in [-0.2, -0.15) is 0 Å². The molecule has 1 aromatic rings. The Balaban J connectivity index is 2.32. The fraction of sp³-hybridized carbons (Fsp3) is 0.462. The molecule has 0 aliphatic rings. The Labute approximate surface area is 97.2 Å². The van der Waals surface area contributed by atoms with Crippen LogP contribution in [0, 0.1) is 6.92 Å². The summed E-state index contributed by atoms with van der Waals surface area (Å²) >= 11 is 0. The van der Waals surface area contributed by atoms with Crippen LogP contribution in [0.3, 0.4) is 0 Å². The van der Waals surface area contributed by atoms with Crippen LogP contribution in [0.4, 0.5) is 0 Å². The number of nitrogens with one attached hydrogen (secondary N) is 2. The van der Waals surface area contributed by atoms with Gasteiger partial charge in [0.1, 0.15) is 0 Å². The second kappa shape index (κ2) is 6.28. The van der Waals surface area contributed by atoms with E-state index in [2.05, 4.69) is 48.7 Å². The average molecular weight is 220 g/mol. The average Bonchev–Trinajstić information content (AvgIpc) is 2.25. The number of hydrogen-bond acceptors (Lipinski definition) is 2. The van der Waals surface area contributed by atoms with Gasteiger partial charge in [0.25, 0.3) is 0 Å². The van der Waals surface area contributed by atoms with E-state index in [9.17, 15) is 4.79 Å². The van der Waals surface area contributed by atoms with Crippen LogP contribution in [-0.4, -0.2) is 19.0 Å². The molecule has 0 bridgehead atoms. The second-order valence-electron chi connectivity index (χ2n) is 4.07. The lowest BCUT2D eigenvalue weighted by Crippen LogP contribution is -2.31. The molecular formula is C13H20N2O. The number of benzene rings is 1. The summed E-state index contributed by atoms with van der Waals surface area (Å²) in [6.45, 7) is 7.20. The Morgan fingerprint density at radius 1 is 1.25 bits per heavy atom. The van der Waals surface area contributed by atoms with Crippen molar-refractivity contribution >= 4 is 5.91 Å². The predicted molar refractivity (Wildman–Crippen MR) is 66.3 cm³/mol. The number of carbonyl (C=O) groups is 1. The summed E-state index contributed by atoms with van der Waals surface area (Å²) in [5, 5.41) is 6.12. The summed E-state index contributed by atoms with van der Waals surface area (Å²) in [4.78, 5) is 10.7. The van der Waals surface area contributed by atoms with Crippen LogP contribution in [0.15, 0.2) is 24.3 Å². The lowest BCUT2D eigenvalue weighted by molar-refractivity contribution is -0.118. The van der Waals surface area contributed by atoms with Crippen LogP contribution >= 0.6 is 0 Å². The minimum atomic E-state index is 0.0183. The van der Waals surface area contributed by atoms with Crippen molar-refractivity contribution in [3.63, 3.8) is 0 Å². The number of aryl methyl sites for hydroxylation is 1. The van der Waals surface area contributed by atoms with Gasteiger partial charge in [-0.25, -0.2) is 0 Å². The molecule has 0 radical (unpaired) electrons. The van der Waals surface area contributed by atoms with Gasteiger partial charge in [-0.3, -0.25) is 4.79 Å². The maximum Gasteiger partial charge on any atom is 0.216 e. The second-order valence-corrected chi connectivity index (χ2v) is 4.07. The van der Waals surface area contributed by atoms with Gasteiger partial charge in [-0.1, -0.05) is 29.8 Å². The standard InChI is InChI=1S/C13H20N2O/c1-10-4-6-13(7-5-10)11(2)14-8-9-15-12(3)16/h4-7,11,14H,8-9H2,1-3H3,(H,15,16)/t11-/m1/s1. The Hall–Kier alpha value is -1.35. The van der Waals surface area contributed by atoms with E-state index in [-0.39, 0.29) is 5.91 Å². The first-order valence-corrected chi connectivity index (χ1v) is 5.64. The van der Waals surface area contributed by atoms with E-state index in [4.69, 9.17) is 0 Å². The van der Waals surface area contributed by atoms with E-state index in [1.54, 1.807) is 0 Å². The molecule has 0 aromatic heterocycles. The smallest absolute Gasteiger partial charge is 0.216 e. The predicted octanol–water partition coefficient (Wildman–Crippen LogP) is 1.78. The van der Waals surface area contributed by atoms with Crippen molar-refractivity contribution in [3.05, 3.63) is 35.4 Å². The summed E-state index contributed by atoms with van der Waals surface area (Å²) in [6.07, 6.45) is 0. The SMILES string of the molecule is CC(=O)NCCN[C@H](C)c1ccc(C)cc1. The molecule has 1 aromatic carbocycles. The zero-order chi connectivity index (χ0) is 12.0. The zero-order valence-electron chi connectivity index (χ0n) is 10.2. The third-order valence-corrected chi connectivity index (χ3v) is 2.53. The highest BCUT2D eigenvalue weighted by molar-refractivity contribution is 5.72. The Bertz CT molecular complexity index is 332. The van der Waals surface area contributed by atoms with Crippen molar-refractivity contribution < 1.29 is 4.79 Å². The highest BCUT2D eigenvalue weighted by Gasteiger charge is 2.03.